The first-order chi connectivity index (χ1) is 16.5. The minimum atomic E-state index is -0.296. The maximum atomic E-state index is 12.8. The van der Waals surface area contributed by atoms with Gasteiger partial charge < -0.3 is 20.8 Å². The summed E-state index contributed by atoms with van der Waals surface area (Å²) in [5, 5.41) is 10.3. The summed E-state index contributed by atoms with van der Waals surface area (Å²) in [5.41, 5.74) is 12.4. The summed E-state index contributed by atoms with van der Waals surface area (Å²) in [5.74, 6) is 1.09. The summed E-state index contributed by atoms with van der Waals surface area (Å²) in [6, 6.07) is 7.48. The van der Waals surface area contributed by atoms with Crippen LogP contribution in [0.1, 0.15) is 18.6 Å². The predicted molar refractivity (Wildman–Crippen MR) is 130 cm³/mol. The van der Waals surface area contributed by atoms with Crippen molar-refractivity contribution in [3.05, 3.63) is 42.5 Å². The zero-order valence-electron chi connectivity index (χ0n) is 18.2. The quantitative estimate of drug-likeness (QED) is 0.371. The Hall–Kier alpha value is -3.38. The minimum Gasteiger partial charge on any atom is -0.467 e. The molecule has 5 rings (SSSR count). The van der Waals surface area contributed by atoms with Crippen LogP contribution in [0.5, 0.6) is 0 Å². The normalized spacial score (nSPS) is 14.6. The molecule has 0 spiro atoms. The average molecular weight is 498 g/mol. The van der Waals surface area contributed by atoms with Crippen LogP contribution in [0.15, 0.2) is 46.3 Å². The number of nitrogens with two attached hydrogens (primary N) is 2. The van der Waals surface area contributed by atoms with Crippen LogP contribution in [0.3, 0.4) is 0 Å². The Morgan fingerprint density at radius 1 is 1.21 bits per heavy atom. The molecule has 34 heavy (non-hydrogen) atoms. The largest absolute Gasteiger partial charge is 0.467 e. The van der Waals surface area contributed by atoms with E-state index in [0.717, 1.165) is 20.9 Å². The third-order valence-electron chi connectivity index (χ3n) is 5.89. The summed E-state index contributed by atoms with van der Waals surface area (Å²) in [7, 11) is 0. The Bertz CT molecular complexity index is 1320. The molecule has 2 amide bonds. The van der Waals surface area contributed by atoms with Crippen molar-refractivity contribution in [1.29, 1.82) is 0 Å². The molecule has 0 atom stereocenters. The minimum absolute atomic E-state index is 0.00686. The number of hydrogen-bond donors (Lipinski definition) is 2. The molecule has 0 radical (unpaired) electrons. The highest BCUT2D eigenvalue weighted by Gasteiger charge is 2.27. The van der Waals surface area contributed by atoms with Crippen LogP contribution in [0.25, 0.3) is 20.9 Å². The fraction of sp³-hybridized carbons (Fsp3) is 0.318. The number of carbonyl (C=O) groups excluding carboxylic acids is 2. The first-order valence-electron chi connectivity index (χ1n) is 10.8. The number of furan rings is 1. The number of primary amides is 1. The van der Waals surface area contributed by atoms with Gasteiger partial charge in [-0.25, -0.2) is 4.98 Å². The lowest BCUT2D eigenvalue weighted by Crippen LogP contribution is -2.42. The lowest BCUT2D eigenvalue weighted by molar-refractivity contribution is -0.132. The Balaban J connectivity index is 1.38. The Morgan fingerprint density at radius 2 is 2.03 bits per heavy atom. The number of thioether (sulfide) groups is 1. The molecular weight excluding hydrogens is 474 g/mol. The molecule has 0 aromatic carbocycles. The van der Waals surface area contributed by atoms with Crippen molar-refractivity contribution in [3.63, 3.8) is 0 Å². The number of aromatic nitrogens is 4. The second-order valence-electron chi connectivity index (χ2n) is 8.02. The molecule has 1 aliphatic heterocycles. The highest BCUT2D eigenvalue weighted by atomic mass is 32.2. The second-order valence-corrected chi connectivity index (χ2v) is 9.96. The maximum absolute atomic E-state index is 12.8. The van der Waals surface area contributed by atoms with Gasteiger partial charge in [0.05, 0.1) is 29.1 Å². The van der Waals surface area contributed by atoms with Gasteiger partial charge in [0, 0.05) is 30.6 Å². The van der Waals surface area contributed by atoms with E-state index >= 15 is 0 Å². The fourth-order valence-corrected chi connectivity index (χ4v) is 5.91. The average Bonchev–Trinajstić information content (AvgIpc) is 3.58. The summed E-state index contributed by atoms with van der Waals surface area (Å²) in [6.45, 7) is 1.46. The van der Waals surface area contributed by atoms with E-state index in [0.29, 0.717) is 49.1 Å². The van der Waals surface area contributed by atoms with Gasteiger partial charge in [0.2, 0.25) is 11.8 Å². The van der Waals surface area contributed by atoms with E-state index in [1.807, 2.05) is 28.8 Å². The van der Waals surface area contributed by atoms with Crippen molar-refractivity contribution in [2.24, 2.45) is 11.7 Å². The summed E-state index contributed by atoms with van der Waals surface area (Å²) in [6.07, 6.45) is 4.55. The van der Waals surface area contributed by atoms with Crippen molar-refractivity contribution in [2.75, 3.05) is 24.6 Å². The molecule has 12 heteroatoms. The van der Waals surface area contributed by atoms with E-state index < -0.39 is 0 Å². The van der Waals surface area contributed by atoms with Gasteiger partial charge in [-0.3, -0.25) is 14.2 Å². The SMILES string of the molecule is NC(=O)C1CCN(C(=O)CSc2nnc(-c3sc4ncccc4c3N)n2Cc2ccco2)CC1. The van der Waals surface area contributed by atoms with Crippen molar-refractivity contribution < 1.29 is 14.0 Å². The lowest BCUT2D eigenvalue weighted by atomic mass is 9.96. The summed E-state index contributed by atoms with van der Waals surface area (Å²) in [4.78, 5) is 32.0. The number of carbonyl (C=O) groups is 2. The molecule has 5 heterocycles. The highest BCUT2D eigenvalue weighted by molar-refractivity contribution is 7.99. The fourth-order valence-electron chi connectivity index (χ4n) is 4.01. The molecule has 0 saturated carbocycles. The Kier molecular flexibility index (Phi) is 6.24. The van der Waals surface area contributed by atoms with Gasteiger partial charge in [0.15, 0.2) is 11.0 Å². The monoisotopic (exact) mass is 497 g/mol. The number of nitrogens with zero attached hydrogens (tertiary/aromatic N) is 5. The van der Waals surface area contributed by atoms with Gasteiger partial charge in [-0.15, -0.1) is 21.5 Å². The number of pyridine rings is 1. The summed E-state index contributed by atoms with van der Waals surface area (Å²) >= 11 is 2.77. The van der Waals surface area contributed by atoms with E-state index in [-0.39, 0.29) is 23.5 Å². The van der Waals surface area contributed by atoms with E-state index in [9.17, 15) is 9.59 Å². The number of likely N-dealkylation sites (tertiary alicyclic amines) is 1. The lowest BCUT2D eigenvalue weighted by Gasteiger charge is -2.30. The van der Waals surface area contributed by atoms with E-state index in [1.165, 1.54) is 23.1 Å². The van der Waals surface area contributed by atoms with Crippen LogP contribution in [0.2, 0.25) is 0 Å². The molecule has 1 saturated heterocycles. The van der Waals surface area contributed by atoms with Crippen LogP contribution in [0.4, 0.5) is 5.69 Å². The number of thiophene rings is 1. The molecule has 0 aliphatic carbocycles. The van der Waals surface area contributed by atoms with Gasteiger partial charge in [-0.05, 0) is 37.1 Å². The molecule has 4 aromatic heterocycles. The number of piperidine rings is 1. The van der Waals surface area contributed by atoms with Crippen LogP contribution in [-0.4, -0.2) is 55.3 Å². The van der Waals surface area contributed by atoms with Crippen molar-refractivity contribution in [2.45, 2.75) is 24.5 Å². The molecular formula is C22H23N7O3S2. The second kappa shape index (κ2) is 9.47. The van der Waals surface area contributed by atoms with Crippen molar-refractivity contribution in [3.8, 4) is 10.7 Å². The van der Waals surface area contributed by atoms with Crippen molar-refractivity contribution in [1.82, 2.24) is 24.6 Å². The van der Waals surface area contributed by atoms with Crippen LogP contribution >= 0.6 is 23.1 Å². The number of fused-ring (bicyclic) bond motifs is 1. The Morgan fingerprint density at radius 3 is 2.74 bits per heavy atom. The van der Waals surface area contributed by atoms with Gasteiger partial charge in [-0.2, -0.15) is 0 Å². The van der Waals surface area contributed by atoms with E-state index in [1.54, 1.807) is 17.4 Å². The zero-order chi connectivity index (χ0) is 23.7. The van der Waals surface area contributed by atoms with Gasteiger partial charge in [-0.1, -0.05) is 11.8 Å². The molecule has 10 nitrogen and oxygen atoms in total. The molecule has 176 valence electrons. The van der Waals surface area contributed by atoms with Crippen LogP contribution in [0, 0.1) is 5.92 Å². The first-order valence-corrected chi connectivity index (χ1v) is 12.6. The smallest absolute Gasteiger partial charge is 0.233 e. The van der Waals surface area contributed by atoms with Gasteiger partial charge >= 0.3 is 0 Å². The third-order valence-corrected chi connectivity index (χ3v) is 7.97. The summed E-state index contributed by atoms with van der Waals surface area (Å²) < 4.78 is 7.47. The predicted octanol–water partition coefficient (Wildman–Crippen LogP) is 2.59. The standard InChI is InChI=1S/C22H23N7O3S2/c23-17-15-4-1-7-25-21(15)34-18(17)20-26-27-22(29(20)11-14-3-2-10-32-14)33-12-16(30)28-8-5-13(6-9-28)19(24)31/h1-4,7,10,13H,5-6,8-9,11-12,23H2,(H2,24,31). The zero-order valence-corrected chi connectivity index (χ0v) is 19.8. The molecule has 0 unspecified atom stereocenters. The third kappa shape index (κ3) is 4.38. The van der Waals surface area contributed by atoms with E-state index in [2.05, 4.69) is 15.2 Å². The van der Waals surface area contributed by atoms with Gasteiger partial charge in [0.25, 0.3) is 0 Å². The Labute approximate surface area is 203 Å². The first kappa shape index (κ1) is 22.4. The number of hydrogen-bond acceptors (Lipinski definition) is 9. The molecule has 4 aromatic rings. The number of rotatable bonds is 7. The van der Waals surface area contributed by atoms with Gasteiger partial charge in [0.1, 0.15) is 10.6 Å². The molecule has 0 bridgehead atoms. The van der Waals surface area contributed by atoms with Crippen molar-refractivity contribution >= 4 is 50.8 Å². The number of anilines is 1. The highest BCUT2D eigenvalue weighted by Crippen LogP contribution is 2.40. The maximum Gasteiger partial charge on any atom is 0.233 e. The number of nitrogen functional groups attached to an aromatic ring is 1. The van der Waals surface area contributed by atoms with Crippen LogP contribution < -0.4 is 11.5 Å². The van der Waals surface area contributed by atoms with Crippen LogP contribution in [-0.2, 0) is 16.1 Å². The van der Waals surface area contributed by atoms with E-state index in [4.69, 9.17) is 15.9 Å². The number of amides is 2. The molecule has 1 aliphatic rings. The molecule has 4 N–H and O–H groups in total. The molecule has 1 fully saturated rings. The topological polar surface area (TPSA) is 146 Å².